The first-order valence-corrected chi connectivity index (χ1v) is 28.7. The van der Waals surface area contributed by atoms with E-state index in [1.54, 1.807) is 0 Å². The molecule has 4 fully saturated rings. The molecule has 3 saturated heterocycles. The quantitative estimate of drug-likeness (QED) is 0.0600. The molecular weight excluding hydrogens is 895 g/mol. The Balaban J connectivity index is 1.16. The van der Waals surface area contributed by atoms with Gasteiger partial charge in [-0.05, 0) is 147 Å². The van der Waals surface area contributed by atoms with Gasteiger partial charge in [0.2, 0.25) is 0 Å². The maximum atomic E-state index is 5.44. The molecule has 8 rings (SSSR count). The van der Waals surface area contributed by atoms with Gasteiger partial charge < -0.3 is 25.0 Å². The second kappa shape index (κ2) is 23.9. The van der Waals surface area contributed by atoms with Crippen LogP contribution in [0.5, 0.6) is 0 Å². The number of piperazine rings is 1. The molecule has 9 heteroatoms. The number of nitrogens with one attached hydrogen (secondary N) is 3. The van der Waals surface area contributed by atoms with Gasteiger partial charge in [0, 0.05) is 112 Å². The number of pyridine rings is 1. The number of rotatable bonds is 24. The van der Waals surface area contributed by atoms with Crippen LogP contribution in [0, 0.1) is 17.3 Å². The van der Waals surface area contributed by atoms with E-state index in [9.17, 15) is 0 Å². The second-order valence-corrected chi connectivity index (χ2v) is 23.8. The second-order valence-electron chi connectivity index (χ2n) is 23.8. The van der Waals surface area contributed by atoms with Crippen molar-refractivity contribution in [2.24, 2.45) is 17.3 Å². The van der Waals surface area contributed by atoms with E-state index in [4.69, 9.17) is 4.98 Å². The van der Waals surface area contributed by atoms with Crippen molar-refractivity contribution in [2.75, 3.05) is 64.8 Å². The van der Waals surface area contributed by atoms with E-state index in [2.05, 4.69) is 191 Å². The van der Waals surface area contributed by atoms with Gasteiger partial charge in [0.1, 0.15) is 0 Å². The van der Waals surface area contributed by atoms with Gasteiger partial charge >= 0.3 is 0 Å². The highest BCUT2D eigenvalue weighted by Crippen LogP contribution is 2.45. The summed E-state index contributed by atoms with van der Waals surface area (Å²) in [7, 11) is 4.36. The standard InChI is InChI=1S/C64H95N9/c1-15-44(7)61-57(39-55(42-66-61)72-32-30-71(31-33-72)54-22-23-54)63-58(40-64(11,12)27-25-45(8)59-20-19-29-69(13)68-59)56-38-50(21-24-60(56)73(63)18-4)52-35-48(16-2)34-49(36-52)37-53(17-3)67-46(9)62(43(5)6)70(14)47(10)51-26-28-65-41-51/h17,21,24,34-36,38-39,42-44,51,53-54,59,62,65,67-68H,3,8-10,15-16,18-20,22-23,25-33,37,40-41H2,1-2,4-7,11-14H3/t44?,51?,53?,59-,62-/m0/s1. The predicted octanol–water partition coefficient (Wildman–Crippen LogP) is 12.5. The third kappa shape index (κ3) is 12.7. The number of aromatic nitrogens is 2. The molecule has 0 spiro atoms. The van der Waals surface area contributed by atoms with Crippen LogP contribution < -0.4 is 21.0 Å². The molecule has 5 atom stereocenters. The molecule has 3 aliphatic heterocycles. The smallest absolute Gasteiger partial charge is 0.0699 e. The molecule has 2 aromatic heterocycles. The van der Waals surface area contributed by atoms with Crippen molar-refractivity contribution in [1.82, 2.24) is 40.4 Å². The van der Waals surface area contributed by atoms with Crippen LogP contribution in [-0.4, -0.2) is 108 Å². The van der Waals surface area contributed by atoms with E-state index in [0.717, 1.165) is 115 Å². The highest BCUT2D eigenvalue weighted by molar-refractivity contribution is 5.95. The normalized spacial score (nSPS) is 20.3. The lowest BCUT2D eigenvalue weighted by atomic mass is 9.78. The van der Waals surface area contributed by atoms with Crippen molar-refractivity contribution in [3.05, 3.63) is 120 Å². The summed E-state index contributed by atoms with van der Waals surface area (Å²) in [4.78, 5) is 13.1. The topological polar surface area (TPSA) is 66.9 Å². The highest BCUT2D eigenvalue weighted by atomic mass is 15.5. The van der Waals surface area contributed by atoms with Crippen molar-refractivity contribution in [1.29, 1.82) is 0 Å². The Kier molecular flexibility index (Phi) is 17.9. The number of benzene rings is 2. The predicted molar refractivity (Wildman–Crippen MR) is 312 cm³/mol. The summed E-state index contributed by atoms with van der Waals surface area (Å²) < 4.78 is 2.63. The van der Waals surface area contributed by atoms with Crippen LogP contribution in [0.2, 0.25) is 0 Å². The summed E-state index contributed by atoms with van der Waals surface area (Å²) in [6.45, 7) is 45.5. The third-order valence-electron chi connectivity index (χ3n) is 17.4. The first kappa shape index (κ1) is 54.6. The Morgan fingerprint density at radius 3 is 2.33 bits per heavy atom. The molecule has 9 nitrogen and oxygen atoms in total. The minimum Gasteiger partial charge on any atom is -0.381 e. The lowest BCUT2D eigenvalue weighted by molar-refractivity contribution is 0.158. The average molecular weight is 991 g/mol. The minimum absolute atomic E-state index is 0.0121. The van der Waals surface area contributed by atoms with Crippen LogP contribution in [0.25, 0.3) is 33.3 Å². The Morgan fingerprint density at radius 1 is 0.932 bits per heavy atom. The lowest BCUT2D eigenvalue weighted by Gasteiger charge is -2.38. The van der Waals surface area contributed by atoms with Gasteiger partial charge in [-0.25, -0.2) is 10.4 Å². The van der Waals surface area contributed by atoms with Crippen molar-refractivity contribution < 1.29 is 0 Å². The maximum absolute atomic E-state index is 5.44. The maximum Gasteiger partial charge on any atom is 0.0699 e. The molecule has 2 aromatic carbocycles. The zero-order chi connectivity index (χ0) is 52.1. The van der Waals surface area contributed by atoms with Gasteiger partial charge in [-0.1, -0.05) is 104 Å². The summed E-state index contributed by atoms with van der Waals surface area (Å²) in [6, 6.07) is 18.4. The van der Waals surface area contributed by atoms with Crippen LogP contribution in [-0.2, 0) is 25.8 Å². The first-order valence-electron chi connectivity index (χ1n) is 28.7. The summed E-state index contributed by atoms with van der Waals surface area (Å²) in [5, 5.41) is 11.0. The van der Waals surface area contributed by atoms with Crippen molar-refractivity contribution in [3.63, 3.8) is 0 Å². The fourth-order valence-corrected chi connectivity index (χ4v) is 12.6. The number of hydrogen-bond donors (Lipinski definition) is 3. The molecule has 3 unspecified atom stereocenters. The molecule has 0 bridgehead atoms. The van der Waals surface area contributed by atoms with E-state index in [-0.39, 0.29) is 17.5 Å². The molecule has 3 N–H and O–H groups in total. The molecule has 4 aliphatic rings. The van der Waals surface area contributed by atoms with Gasteiger partial charge in [-0.2, -0.15) is 0 Å². The Labute approximate surface area is 442 Å². The van der Waals surface area contributed by atoms with Crippen LogP contribution in [0.3, 0.4) is 0 Å². The molecule has 73 heavy (non-hydrogen) atoms. The molecule has 396 valence electrons. The van der Waals surface area contributed by atoms with Crippen LogP contribution in [0.15, 0.2) is 98.0 Å². The average Bonchev–Trinajstić information content (AvgIpc) is 4.01. The van der Waals surface area contributed by atoms with E-state index in [0.29, 0.717) is 23.8 Å². The van der Waals surface area contributed by atoms with Gasteiger partial charge in [-0.15, -0.1) is 6.58 Å². The highest BCUT2D eigenvalue weighted by Gasteiger charge is 2.34. The SMILES string of the molecule is C=CC(Cc1cc(CC)cc(-c2ccc3c(c2)c(CC(C)(C)CCC(=C)[C@@H]2CCCN(C)N2)c(-c2cc(N4CCN(C5CC5)CC4)cnc2C(C)CC)n3CC)c1)NC(=C)[C@H](C(C)C)N(C)C(=C)C1CCNC1. The van der Waals surface area contributed by atoms with Crippen molar-refractivity contribution in [2.45, 2.75) is 163 Å². The molecule has 1 saturated carbocycles. The summed E-state index contributed by atoms with van der Waals surface area (Å²) in [5.41, 5.74) is 20.4. The van der Waals surface area contributed by atoms with Gasteiger partial charge in [0.05, 0.1) is 29.3 Å². The van der Waals surface area contributed by atoms with Crippen LogP contribution in [0.1, 0.15) is 135 Å². The number of nitrogens with zero attached hydrogens (tertiary/aromatic N) is 6. The number of fused-ring (bicyclic) bond motifs is 1. The first-order chi connectivity index (χ1) is 35.0. The van der Waals surface area contributed by atoms with Crippen LogP contribution in [0.4, 0.5) is 5.69 Å². The fourth-order valence-electron chi connectivity index (χ4n) is 12.6. The summed E-state index contributed by atoms with van der Waals surface area (Å²) >= 11 is 0. The number of anilines is 1. The number of aryl methyl sites for hydroxylation is 2. The van der Waals surface area contributed by atoms with Gasteiger partial charge in [0.15, 0.2) is 0 Å². The van der Waals surface area contributed by atoms with Crippen molar-refractivity contribution >= 4 is 16.6 Å². The zero-order valence-corrected chi connectivity index (χ0v) is 47.2. The van der Waals surface area contributed by atoms with Gasteiger partial charge in [-0.3, -0.25) is 9.88 Å². The molecular formula is C64H95N9. The summed E-state index contributed by atoms with van der Waals surface area (Å²) in [5.74, 6) is 1.15. The summed E-state index contributed by atoms with van der Waals surface area (Å²) in [6.07, 6.45) is 16.3. The van der Waals surface area contributed by atoms with Crippen molar-refractivity contribution in [3.8, 4) is 22.4 Å². The minimum atomic E-state index is 0.0121. The fraction of sp³-hybridized carbons (Fsp3) is 0.578. The van der Waals surface area contributed by atoms with E-state index < -0.39 is 0 Å². The largest absolute Gasteiger partial charge is 0.381 e. The van der Waals surface area contributed by atoms with E-state index in [1.165, 1.54) is 91.9 Å². The zero-order valence-electron chi connectivity index (χ0n) is 47.2. The number of hydrogen-bond acceptors (Lipinski definition) is 8. The number of likely N-dealkylation sites (N-methyl/N-ethyl adjacent to an activating group) is 1. The number of hydrazine groups is 1. The van der Waals surface area contributed by atoms with Gasteiger partial charge in [0.25, 0.3) is 0 Å². The Morgan fingerprint density at radius 2 is 1.68 bits per heavy atom. The monoisotopic (exact) mass is 990 g/mol. The van der Waals surface area contributed by atoms with Crippen LogP contribution >= 0.6 is 0 Å². The molecule has 5 heterocycles. The molecule has 0 amide bonds. The lowest BCUT2D eigenvalue weighted by Crippen LogP contribution is -2.47. The Bertz CT molecular complexity index is 2560. The third-order valence-corrected chi connectivity index (χ3v) is 17.4. The molecule has 4 aromatic rings. The molecule has 0 radical (unpaired) electrons. The molecule has 1 aliphatic carbocycles. The van der Waals surface area contributed by atoms with E-state index in [1.807, 2.05) is 0 Å². The van der Waals surface area contributed by atoms with E-state index >= 15 is 0 Å². The Hall–Kier alpha value is -4.67.